The Labute approximate surface area is 267 Å². The number of halogens is 3. The topological polar surface area (TPSA) is 125 Å². The van der Waals surface area contributed by atoms with Gasteiger partial charge in [0.1, 0.15) is 6.04 Å². The number of carbonyl (C=O) groups excluding carboxylic acids is 2. The van der Waals surface area contributed by atoms with Crippen molar-refractivity contribution < 1.29 is 47.2 Å². The molecule has 3 aromatic carbocycles. The van der Waals surface area contributed by atoms with E-state index in [1.54, 1.807) is 48.5 Å². The van der Waals surface area contributed by atoms with Crippen LogP contribution in [-0.2, 0) is 32.2 Å². The fourth-order valence-electron chi connectivity index (χ4n) is 5.45. The summed E-state index contributed by atoms with van der Waals surface area (Å²) in [4.78, 5) is 37.1. The van der Waals surface area contributed by atoms with Crippen LogP contribution in [0.15, 0.2) is 77.7 Å². The van der Waals surface area contributed by atoms with E-state index in [4.69, 9.17) is 14.6 Å². The number of aliphatic hydroxyl groups is 1. The molecule has 2 fully saturated rings. The molecule has 0 radical (unpaired) electrons. The average Bonchev–Trinajstić information content (AvgIpc) is 3.56. The molecule has 2 amide bonds. The van der Waals surface area contributed by atoms with Crippen LogP contribution in [0.1, 0.15) is 64.3 Å². The van der Waals surface area contributed by atoms with Crippen LogP contribution in [0.3, 0.4) is 0 Å². The quantitative estimate of drug-likeness (QED) is 0.248. The normalized spacial score (nSPS) is 21.6. The number of carboxylic acids is 1. The third-order valence-electron chi connectivity index (χ3n) is 7.93. The van der Waals surface area contributed by atoms with Gasteiger partial charge in [-0.05, 0) is 53.8 Å². The van der Waals surface area contributed by atoms with Crippen molar-refractivity contribution in [1.29, 1.82) is 0 Å². The molecule has 0 spiro atoms. The van der Waals surface area contributed by atoms with Gasteiger partial charge in [-0.25, -0.2) is 4.79 Å². The Morgan fingerprint density at radius 1 is 0.913 bits per heavy atom. The lowest BCUT2D eigenvalue weighted by Gasteiger charge is -2.36. The molecule has 2 aliphatic heterocycles. The van der Waals surface area contributed by atoms with Crippen molar-refractivity contribution in [3.8, 4) is 0 Å². The molecule has 2 saturated heterocycles. The Morgan fingerprint density at radius 2 is 1.57 bits per heavy atom. The molecule has 244 valence electrons. The zero-order valence-corrected chi connectivity index (χ0v) is 25.4. The molecular weight excluding hydrogens is 625 g/mol. The number of hydrogen-bond donors (Lipinski definition) is 3. The fraction of sp³-hybridized carbons (Fsp3) is 0.364. The molecule has 5 rings (SSSR count). The first-order valence-corrected chi connectivity index (χ1v) is 15.7. The Balaban J connectivity index is 1.24. The first-order valence-electron chi connectivity index (χ1n) is 14.7. The van der Waals surface area contributed by atoms with Crippen LogP contribution in [0.2, 0.25) is 0 Å². The number of nitrogens with zero attached hydrogens (tertiary/aromatic N) is 1. The Hall–Kier alpha value is -3.91. The number of ether oxygens (including phenoxy) is 2. The van der Waals surface area contributed by atoms with Crippen molar-refractivity contribution in [2.45, 2.75) is 68.0 Å². The lowest BCUT2D eigenvalue weighted by Crippen LogP contribution is -2.50. The highest BCUT2D eigenvalue weighted by atomic mass is 32.2. The van der Waals surface area contributed by atoms with Gasteiger partial charge in [0.05, 0.1) is 24.4 Å². The first kappa shape index (κ1) is 33.5. The highest BCUT2D eigenvalue weighted by Crippen LogP contribution is 2.39. The van der Waals surface area contributed by atoms with Crippen LogP contribution in [0.5, 0.6) is 0 Å². The van der Waals surface area contributed by atoms with Gasteiger partial charge in [-0.15, -0.1) is 11.8 Å². The molecule has 0 aliphatic carbocycles. The van der Waals surface area contributed by atoms with Gasteiger partial charge < -0.3 is 29.9 Å². The van der Waals surface area contributed by atoms with Gasteiger partial charge in [0.2, 0.25) is 5.91 Å². The molecule has 3 N–H and O–H groups in total. The van der Waals surface area contributed by atoms with Crippen LogP contribution < -0.4 is 5.32 Å². The molecule has 2 aliphatic rings. The number of aliphatic hydroxyl groups excluding tert-OH is 1. The van der Waals surface area contributed by atoms with Gasteiger partial charge in [0.25, 0.3) is 0 Å². The molecular formula is C33H33F3N2O7S. The van der Waals surface area contributed by atoms with E-state index < -0.39 is 36.3 Å². The fourth-order valence-corrected chi connectivity index (χ4v) is 6.37. The summed E-state index contributed by atoms with van der Waals surface area (Å²) in [7, 11) is 0. The number of amides is 2. The number of carboxylic acid groups (broad SMARTS) is 1. The van der Waals surface area contributed by atoms with Crippen molar-refractivity contribution >= 4 is 29.5 Å². The summed E-state index contributed by atoms with van der Waals surface area (Å²) in [5, 5.41) is 21.3. The van der Waals surface area contributed by atoms with E-state index in [-0.39, 0.29) is 43.9 Å². The second-order valence-electron chi connectivity index (χ2n) is 11.1. The van der Waals surface area contributed by atoms with E-state index in [1.807, 2.05) is 24.3 Å². The predicted molar refractivity (Wildman–Crippen MR) is 162 cm³/mol. The Bertz CT molecular complexity index is 1520. The lowest BCUT2D eigenvalue weighted by molar-refractivity contribution is -0.245. The van der Waals surface area contributed by atoms with Gasteiger partial charge >= 0.3 is 18.1 Å². The summed E-state index contributed by atoms with van der Waals surface area (Å²) < 4.78 is 51.5. The number of carbonyl (C=O) groups is 3. The molecule has 0 bridgehead atoms. The van der Waals surface area contributed by atoms with Crippen LogP contribution in [0, 0.1) is 0 Å². The molecule has 46 heavy (non-hydrogen) atoms. The number of aromatic carboxylic acids is 1. The van der Waals surface area contributed by atoms with Gasteiger partial charge in [-0.3, -0.25) is 9.59 Å². The minimum absolute atomic E-state index is 0.0653. The van der Waals surface area contributed by atoms with Crippen molar-refractivity contribution in [2.24, 2.45) is 0 Å². The summed E-state index contributed by atoms with van der Waals surface area (Å²) in [6.07, 6.45) is -5.24. The summed E-state index contributed by atoms with van der Waals surface area (Å²) in [5.74, 6) is -3.05. The number of likely N-dealkylation sites (tertiary alicyclic amines) is 1. The Morgan fingerprint density at radius 3 is 2.20 bits per heavy atom. The van der Waals surface area contributed by atoms with Crippen molar-refractivity contribution in [3.05, 3.63) is 101 Å². The first-order chi connectivity index (χ1) is 22.0. The van der Waals surface area contributed by atoms with E-state index in [1.165, 1.54) is 11.8 Å². The zero-order chi connectivity index (χ0) is 32.8. The highest BCUT2D eigenvalue weighted by molar-refractivity contribution is 7.99. The standard InChI is InChI=1S/C33H33F3N2O7S/c34-33(35,36)32(43)38-15-1-2-27(38)29(40)37-17-20-3-9-24(10-4-20)31-44-25(19-46-26-13-11-23(12-14-26)30(41)42)16-28(45-31)22-7-5-21(18-39)6-8-22/h3-14,25,27-28,31,39H,1-2,15-19H2,(H,37,40)(H,41,42)/t25-,27-,28+,31+/m0/s1. The number of hydrogen-bond acceptors (Lipinski definition) is 7. The van der Waals surface area contributed by atoms with Crippen LogP contribution in [0.4, 0.5) is 13.2 Å². The molecule has 0 saturated carbocycles. The Kier molecular flexibility index (Phi) is 10.7. The highest BCUT2D eigenvalue weighted by Gasteiger charge is 2.47. The zero-order valence-electron chi connectivity index (χ0n) is 24.6. The number of benzene rings is 3. The number of nitrogens with one attached hydrogen (secondary N) is 1. The SMILES string of the molecule is O=C(O)c1ccc(SC[C@@H]2C[C@H](c3ccc(CO)cc3)O[C@H](c3ccc(CNC(=O)[C@@H]4CCCN4C(=O)C(F)(F)F)cc3)O2)cc1. The van der Waals surface area contributed by atoms with Crippen LogP contribution in [-0.4, -0.2) is 63.5 Å². The summed E-state index contributed by atoms with van der Waals surface area (Å²) in [6, 6.07) is 20.1. The third-order valence-corrected chi connectivity index (χ3v) is 9.07. The minimum atomic E-state index is -5.03. The van der Waals surface area contributed by atoms with Crippen molar-refractivity contribution in [1.82, 2.24) is 10.2 Å². The molecule has 2 heterocycles. The second-order valence-corrected chi connectivity index (χ2v) is 12.2. The van der Waals surface area contributed by atoms with E-state index in [9.17, 15) is 32.7 Å². The van der Waals surface area contributed by atoms with Gasteiger partial charge in [-0.2, -0.15) is 13.2 Å². The monoisotopic (exact) mass is 658 g/mol. The van der Waals surface area contributed by atoms with E-state index in [0.29, 0.717) is 29.1 Å². The van der Waals surface area contributed by atoms with E-state index in [2.05, 4.69) is 5.32 Å². The largest absolute Gasteiger partial charge is 0.478 e. The van der Waals surface area contributed by atoms with Crippen LogP contribution in [0.25, 0.3) is 0 Å². The average molecular weight is 659 g/mol. The van der Waals surface area contributed by atoms with E-state index in [0.717, 1.165) is 21.6 Å². The predicted octanol–water partition coefficient (Wildman–Crippen LogP) is 5.38. The van der Waals surface area contributed by atoms with E-state index >= 15 is 0 Å². The second kappa shape index (κ2) is 14.7. The maximum atomic E-state index is 12.9. The van der Waals surface area contributed by atoms with Crippen LogP contribution >= 0.6 is 11.8 Å². The molecule has 13 heteroatoms. The number of thioether (sulfide) groups is 1. The third kappa shape index (κ3) is 8.27. The molecule has 3 aromatic rings. The molecule has 9 nitrogen and oxygen atoms in total. The minimum Gasteiger partial charge on any atom is -0.478 e. The van der Waals surface area contributed by atoms with Gasteiger partial charge in [0, 0.05) is 35.7 Å². The van der Waals surface area contributed by atoms with Gasteiger partial charge in [0.15, 0.2) is 6.29 Å². The number of rotatable bonds is 10. The van der Waals surface area contributed by atoms with Crippen molar-refractivity contribution in [2.75, 3.05) is 12.3 Å². The summed E-state index contributed by atoms with van der Waals surface area (Å²) >= 11 is 1.54. The maximum absolute atomic E-state index is 12.9. The van der Waals surface area contributed by atoms with Crippen molar-refractivity contribution in [3.63, 3.8) is 0 Å². The summed E-state index contributed by atoms with van der Waals surface area (Å²) in [6.45, 7) is -0.125. The number of alkyl halides is 3. The smallest absolute Gasteiger partial charge is 0.471 e. The van der Waals surface area contributed by atoms with Gasteiger partial charge in [-0.1, -0.05) is 48.5 Å². The molecule has 0 aromatic heterocycles. The maximum Gasteiger partial charge on any atom is 0.471 e. The molecule has 4 atom stereocenters. The molecule has 0 unspecified atom stereocenters. The summed E-state index contributed by atoms with van der Waals surface area (Å²) in [5.41, 5.74) is 3.34. The lowest BCUT2D eigenvalue weighted by atomic mass is 10.0.